The fraction of sp³-hybridized carbons (Fsp3) is 0.222. The molecule has 0 saturated heterocycles. The monoisotopic (exact) mass is 207 g/mol. The summed E-state index contributed by atoms with van der Waals surface area (Å²) in [5, 5.41) is -0.0944. The highest BCUT2D eigenvalue weighted by Gasteiger charge is 2.10. The highest BCUT2D eigenvalue weighted by Crippen LogP contribution is 1.92. The maximum Gasteiger partial charge on any atom is 0.289 e. The average Bonchev–Trinajstić information content (AvgIpc) is 2.23. The minimum Gasteiger partial charge on any atom is -0.356 e. The van der Waals surface area contributed by atoms with Gasteiger partial charge in [-0.15, -0.1) is 0 Å². The van der Waals surface area contributed by atoms with E-state index in [9.17, 15) is 14.4 Å². The van der Waals surface area contributed by atoms with Crippen LogP contribution in [0.4, 0.5) is 0 Å². The Balaban J connectivity index is 3.31. The molecule has 2 aromatic rings. The van der Waals surface area contributed by atoms with Crippen molar-refractivity contribution in [3.05, 3.63) is 43.2 Å². The third-order valence-corrected chi connectivity index (χ3v) is 2.42. The molecule has 2 aromatic heterocycles. The smallest absolute Gasteiger partial charge is 0.289 e. The SMILES string of the molecule is Cn1c(=O)c2[nH]ccc(=O)c2c(=O)n1C. The van der Waals surface area contributed by atoms with Crippen LogP contribution in [0.1, 0.15) is 0 Å². The minimum atomic E-state index is -0.478. The maximum atomic E-state index is 11.7. The van der Waals surface area contributed by atoms with Crippen molar-refractivity contribution >= 4 is 10.9 Å². The lowest BCUT2D eigenvalue weighted by molar-refractivity contribution is 0.541. The second-order valence-corrected chi connectivity index (χ2v) is 3.25. The Bertz CT molecular complexity index is 705. The topological polar surface area (TPSA) is 76.9 Å². The zero-order valence-corrected chi connectivity index (χ0v) is 8.27. The molecular formula is C9H9N3O3. The van der Waals surface area contributed by atoms with E-state index in [1.54, 1.807) is 0 Å². The van der Waals surface area contributed by atoms with Crippen molar-refractivity contribution in [1.82, 2.24) is 14.3 Å². The van der Waals surface area contributed by atoms with Gasteiger partial charge >= 0.3 is 0 Å². The third kappa shape index (κ3) is 1.14. The van der Waals surface area contributed by atoms with Crippen LogP contribution < -0.4 is 16.5 Å². The van der Waals surface area contributed by atoms with Crippen molar-refractivity contribution < 1.29 is 0 Å². The molecule has 0 aliphatic carbocycles. The van der Waals surface area contributed by atoms with Crippen LogP contribution in [0.5, 0.6) is 0 Å². The predicted molar refractivity (Wildman–Crippen MR) is 55.1 cm³/mol. The highest BCUT2D eigenvalue weighted by atomic mass is 16.2. The highest BCUT2D eigenvalue weighted by molar-refractivity contribution is 5.75. The molecule has 0 aliphatic rings. The summed E-state index contributed by atoms with van der Waals surface area (Å²) >= 11 is 0. The Hall–Kier alpha value is -2.11. The standard InChI is InChI=1S/C9H9N3O3/c1-11-8(14)6-5(13)3-4-10-7(6)9(15)12(11)2/h3-4H,1-2H3,(H,10,13). The van der Waals surface area contributed by atoms with E-state index in [-0.39, 0.29) is 10.9 Å². The van der Waals surface area contributed by atoms with E-state index in [1.165, 1.54) is 26.4 Å². The van der Waals surface area contributed by atoms with Gasteiger partial charge in [-0.1, -0.05) is 0 Å². The van der Waals surface area contributed by atoms with Crippen molar-refractivity contribution in [2.24, 2.45) is 14.1 Å². The first-order valence-corrected chi connectivity index (χ1v) is 4.31. The molecule has 0 spiro atoms. The van der Waals surface area contributed by atoms with Crippen molar-refractivity contribution in [3.8, 4) is 0 Å². The Morgan fingerprint density at radius 2 is 1.67 bits per heavy atom. The number of nitrogens with one attached hydrogen (secondary N) is 1. The fourth-order valence-electron chi connectivity index (χ4n) is 1.46. The third-order valence-electron chi connectivity index (χ3n) is 2.42. The van der Waals surface area contributed by atoms with Gasteiger partial charge in [-0.05, 0) is 0 Å². The lowest BCUT2D eigenvalue weighted by atomic mass is 10.3. The number of H-pyrrole nitrogens is 1. The van der Waals surface area contributed by atoms with E-state index in [0.29, 0.717) is 0 Å². The average molecular weight is 207 g/mol. The number of pyridine rings is 1. The molecule has 1 N–H and O–H groups in total. The maximum absolute atomic E-state index is 11.7. The second-order valence-electron chi connectivity index (χ2n) is 3.25. The molecule has 0 aliphatic heterocycles. The van der Waals surface area contributed by atoms with Gasteiger partial charge < -0.3 is 4.98 Å². The van der Waals surface area contributed by atoms with Gasteiger partial charge in [0, 0.05) is 26.4 Å². The van der Waals surface area contributed by atoms with Gasteiger partial charge in [0.25, 0.3) is 11.1 Å². The Morgan fingerprint density at radius 1 is 1.07 bits per heavy atom. The molecule has 78 valence electrons. The number of hydrogen-bond acceptors (Lipinski definition) is 3. The molecule has 0 amide bonds. The van der Waals surface area contributed by atoms with E-state index in [4.69, 9.17) is 0 Å². The molecule has 15 heavy (non-hydrogen) atoms. The largest absolute Gasteiger partial charge is 0.356 e. The number of aromatic amines is 1. The summed E-state index contributed by atoms with van der Waals surface area (Å²) in [6.07, 6.45) is 1.35. The van der Waals surface area contributed by atoms with Crippen molar-refractivity contribution in [3.63, 3.8) is 0 Å². The second kappa shape index (κ2) is 2.94. The quantitative estimate of drug-likeness (QED) is 0.597. The summed E-state index contributed by atoms with van der Waals surface area (Å²) < 4.78 is 2.26. The first-order valence-electron chi connectivity index (χ1n) is 4.31. The number of hydrogen-bond donors (Lipinski definition) is 1. The van der Waals surface area contributed by atoms with Crippen LogP contribution in [0.25, 0.3) is 10.9 Å². The molecule has 0 saturated carbocycles. The van der Waals surface area contributed by atoms with Gasteiger partial charge in [0.15, 0.2) is 5.43 Å². The molecule has 0 unspecified atom stereocenters. The van der Waals surface area contributed by atoms with Gasteiger partial charge in [-0.3, -0.25) is 19.1 Å². The summed E-state index contributed by atoms with van der Waals surface area (Å²) in [7, 11) is 2.91. The van der Waals surface area contributed by atoms with Gasteiger partial charge in [0.1, 0.15) is 10.9 Å². The summed E-state index contributed by atoms with van der Waals surface area (Å²) in [5.41, 5.74) is -1.27. The molecule has 0 atom stereocenters. The zero-order valence-electron chi connectivity index (χ0n) is 8.27. The summed E-state index contributed by atoms with van der Waals surface area (Å²) in [5.74, 6) is 0. The molecule has 0 fully saturated rings. The predicted octanol–water partition coefficient (Wildman–Crippen LogP) is -1.07. The van der Waals surface area contributed by atoms with Crippen LogP contribution in [0.2, 0.25) is 0 Å². The van der Waals surface area contributed by atoms with Crippen LogP contribution in [0.3, 0.4) is 0 Å². The van der Waals surface area contributed by atoms with Gasteiger partial charge in [-0.2, -0.15) is 0 Å². The van der Waals surface area contributed by atoms with Crippen LogP contribution in [-0.4, -0.2) is 14.3 Å². The van der Waals surface area contributed by atoms with Crippen LogP contribution in [0.15, 0.2) is 26.6 Å². The van der Waals surface area contributed by atoms with Crippen molar-refractivity contribution in [2.75, 3.05) is 0 Å². The molecule has 2 heterocycles. The first kappa shape index (κ1) is 9.45. The van der Waals surface area contributed by atoms with E-state index in [1.807, 2.05) is 0 Å². The number of aromatic nitrogens is 3. The van der Waals surface area contributed by atoms with Gasteiger partial charge in [-0.25, -0.2) is 4.68 Å². The summed E-state index contributed by atoms with van der Waals surface area (Å²) in [6, 6.07) is 1.23. The Labute approximate surface area is 83.4 Å². The Morgan fingerprint density at radius 3 is 2.33 bits per heavy atom. The van der Waals surface area contributed by atoms with Gasteiger partial charge in [0.2, 0.25) is 0 Å². The summed E-state index contributed by atoms with van der Waals surface area (Å²) in [6.45, 7) is 0. The minimum absolute atomic E-state index is 0.0492. The molecule has 0 radical (unpaired) electrons. The van der Waals surface area contributed by atoms with E-state index >= 15 is 0 Å². The lowest BCUT2D eigenvalue weighted by Crippen LogP contribution is -2.37. The van der Waals surface area contributed by atoms with E-state index in [0.717, 1.165) is 9.36 Å². The summed E-state index contributed by atoms with van der Waals surface area (Å²) in [4.78, 5) is 37.4. The van der Waals surface area contributed by atoms with Crippen LogP contribution >= 0.6 is 0 Å². The lowest BCUT2D eigenvalue weighted by Gasteiger charge is -2.06. The van der Waals surface area contributed by atoms with Gasteiger partial charge in [0.05, 0.1) is 0 Å². The molecular weight excluding hydrogens is 198 g/mol. The van der Waals surface area contributed by atoms with E-state index < -0.39 is 16.5 Å². The van der Waals surface area contributed by atoms with E-state index in [2.05, 4.69) is 4.98 Å². The van der Waals surface area contributed by atoms with Crippen molar-refractivity contribution in [2.45, 2.75) is 0 Å². The van der Waals surface area contributed by atoms with Crippen molar-refractivity contribution in [1.29, 1.82) is 0 Å². The number of rotatable bonds is 0. The van der Waals surface area contributed by atoms with Crippen LogP contribution in [0, 0.1) is 0 Å². The number of fused-ring (bicyclic) bond motifs is 1. The molecule has 6 heteroatoms. The first-order chi connectivity index (χ1) is 7.04. The zero-order chi connectivity index (χ0) is 11.2. The Kier molecular flexibility index (Phi) is 1.85. The van der Waals surface area contributed by atoms with Crippen LogP contribution in [-0.2, 0) is 14.1 Å². The fourth-order valence-corrected chi connectivity index (χ4v) is 1.46. The molecule has 0 bridgehead atoms. The molecule has 2 rings (SSSR count). The molecule has 6 nitrogen and oxygen atoms in total. The molecule has 0 aromatic carbocycles. The normalized spacial score (nSPS) is 10.8. The number of nitrogens with zero attached hydrogens (tertiary/aromatic N) is 2.